The Morgan fingerprint density at radius 3 is 2.72 bits per heavy atom. The predicted octanol–water partition coefficient (Wildman–Crippen LogP) is 1.08. The predicted molar refractivity (Wildman–Crippen MR) is 113 cm³/mol. The summed E-state index contributed by atoms with van der Waals surface area (Å²) in [6, 6.07) is 1.96. The van der Waals surface area contributed by atoms with E-state index in [1.54, 1.807) is 0 Å². The maximum Gasteiger partial charge on any atom is 0.255 e. The number of rotatable bonds is 2. The van der Waals surface area contributed by atoms with E-state index in [4.69, 9.17) is 10.5 Å². The van der Waals surface area contributed by atoms with Gasteiger partial charge in [-0.25, -0.2) is 0 Å². The minimum Gasteiger partial charge on any atom is -0.508 e. The molecule has 1 aliphatic heterocycles. The van der Waals surface area contributed by atoms with Crippen molar-refractivity contribution in [2.24, 2.45) is 17.6 Å². The summed E-state index contributed by atoms with van der Waals surface area (Å²) in [5.41, 5.74) is 4.99. The Hall–Kier alpha value is -3.33. The number of amides is 1. The Labute approximate surface area is 183 Å². The van der Waals surface area contributed by atoms with E-state index in [9.17, 15) is 29.7 Å². The van der Waals surface area contributed by atoms with E-state index in [0.717, 1.165) is 36.2 Å². The summed E-state index contributed by atoms with van der Waals surface area (Å²) in [5, 5.41) is 36.5. The minimum absolute atomic E-state index is 0.0250. The van der Waals surface area contributed by atoms with Crippen molar-refractivity contribution < 1.29 is 34.4 Å². The van der Waals surface area contributed by atoms with Crippen LogP contribution >= 0.6 is 0 Å². The van der Waals surface area contributed by atoms with E-state index in [-0.39, 0.29) is 24.2 Å². The molecule has 1 saturated carbocycles. The van der Waals surface area contributed by atoms with Crippen molar-refractivity contribution >= 4 is 28.9 Å². The highest BCUT2D eigenvalue weighted by Gasteiger charge is 2.60. The summed E-state index contributed by atoms with van der Waals surface area (Å²) in [6.45, 7) is 0.828. The number of Topliss-reactive ketones (excluding diaryl/α,β-unsaturated/α-hetero) is 2. The van der Waals surface area contributed by atoms with Crippen LogP contribution < -0.4 is 15.8 Å². The lowest BCUT2D eigenvalue weighted by Gasteiger charge is -2.46. The fourth-order valence-corrected chi connectivity index (χ4v) is 5.82. The first-order valence-electron chi connectivity index (χ1n) is 10.6. The number of hydrogen-bond donors (Lipinski definition) is 5. The second-order valence-corrected chi connectivity index (χ2v) is 8.91. The molecule has 5 rings (SSSR count). The van der Waals surface area contributed by atoms with Crippen LogP contribution in [0.1, 0.15) is 36.0 Å². The molecule has 3 atom stereocenters. The number of methoxy groups -OCH3 is 1. The van der Waals surface area contributed by atoms with Crippen molar-refractivity contribution in [1.29, 1.82) is 0 Å². The summed E-state index contributed by atoms with van der Waals surface area (Å²) in [5.74, 6) is -5.05. The third kappa shape index (κ3) is 2.51. The van der Waals surface area contributed by atoms with Crippen molar-refractivity contribution in [2.45, 2.75) is 37.7 Å². The van der Waals surface area contributed by atoms with Crippen LogP contribution in [0, 0.1) is 11.8 Å². The third-order valence-corrected chi connectivity index (χ3v) is 7.26. The number of hydrogen-bond acceptors (Lipinski definition) is 8. The van der Waals surface area contributed by atoms with Crippen LogP contribution in [0.5, 0.6) is 5.75 Å². The molecule has 9 nitrogen and oxygen atoms in total. The Bertz CT molecular complexity index is 1170. The normalized spacial score (nSPS) is 28.9. The Balaban J connectivity index is 1.71. The average Bonchev–Trinajstić information content (AvgIpc) is 2.74. The number of aliphatic hydroxyl groups is 3. The monoisotopic (exact) mass is 440 g/mol. The first kappa shape index (κ1) is 20.6. The van der Waals surface area contributed by atoms with Gasteiger partial charge in [-0.3, -0.25) is 14.4 Å². The number of nitrogens with two attached hydrogens (primary N) is 1. The molecule has 0 aromatic heterocycles. The number of primary amides is 1. The van der Waals surface area contributed by atoms with Crippen LogP contribution in [0.2, 0.25) is 0 Å². The van der Waals surface area contributed by atoms with Gasteiger partial charge in [-0.05, 0) is 43.2 Å². The topological polar surface area (TPSA) is 159 Å². The zero-order valence-corrected chi connectivity index (χ0v) is 17.5. The fourth-order valence-electron chi connectivity index (χ4n) is 5.82. The molecule has 168 valence electrons. The number of carbonyl (C=O) groups excluding carboxylic acids is 3. The lowest BCUT2D eigenvalue weighted by molar-refractivity contribution is -0.147. The standard InChI is InChI=1S/C23H24N2O7/c1-32-19-12-3-2-4-25-13(12)7-10-5-9-6-11-8-14(26)17(22(24)30)21(29)23(11,31)20(28)16(9)18(27)15(10)19/h7,9,11,25,27,29,31H,2-6,8H2,1H3,(H2,24,30)/t9?,11-,23-/m0/s1. The van der Waals surface area contributed by atoms with Crippen LogP contribution in [0.15, 0.2) is 23.0 Å². The summed E-state index contributed by atoms with van der Waals surface area (Å²) in [4.78, 5) is 37.6. The van der Waals surface area contributed by atoms with Gasteiger partial charge in [0.15, 0.2) is 11.4 Å². The summed E-state index contributed by atoms with van der Waals surface area (Å²) in [6.07, 6.45) is 1.93. The van der Waals surface area contributed by atoms with E-state index in [1.807, 2.05) is 6.07 Å². The highest BCUT2D eigenvalue weighted by molar-refractivity contribution is 6.22. The lowest BCUT2D eigenvalue weighted by Crippen LogP contribution is -2.58. The number of ketones is 2. The van der Waals surface area contributed by atoms with Gasteiger partial charge in [0.1, 0.15) is 22.8 Å². The van der Waals surface area contributed by atoms with E-state index in [1.165, 1.54) is 7.11 Å². The number of ether oxygens (including phenoxy) is 1. The van der Waals surface area contributed by atoms with Crippen LogP contribution in [0.4, 0.5) is 5.69 Å². The minimum atomic E-state index is -2.49. The highest BCUT2D eigenvalue weighted by Crippen LogP contribution is 2.53. The average molecular weight is 440 g/mol. The largest absolute Gasteiger partial charge is 0.508 e. The lowest BCUT2D eigenvalue weighted by atomic mass is 9.59. The molecule has 1 heterocycles. The molecule has 4 aliphatic rings. The number of anilines is 1. The van der Waals surface area contributed by atoms with Crippen molar-refractivity contribution in [2.75, 3.05) is 19.0 Å². The highest BCUT2D eigenvalue weighted by atomic mass is 16.5. The Morgan fingerprint density at radius 1 is 1.28 bits per heavy atom. The molecule has 1 unspecified atom stereocenters. The van der Waals surface area contributed by atoms with E-state index >= 15 is 0 Å². The van der Waals surface area contributed by atoms with Crippen LogP contribution in [-0.2, 0) is 27.2 Å². The molecule has 9 heteroatoms. The Morgan fingerprint density at radius 2 is 2.03 bits per heavy atom. The molecule has 1 aromatic carbocycles. The first-order chi connectivity index (χ1) is 15.2. The molecular weight excluding hydrogens is 416 g/mol. The van der Waals surface area contributed by atoms with Crippen LogP contribution in [0.3, 0.4) is 0 Å². The van der Waals surface area contributed by atoms with Gasteiger partial charge in [-0.1, -0.05) is 0 Å². The second-order valence-electron chi connectivity index (χ2n) is 8.91. The molecule has 1 aromatic rings. The van der Waals surface area contributed by atoms with Crippen molar-refractivity contribution in [3.8, 4) is 5.75 Å². The van der Waals surface area contributed by atoms with Crippen molar-refractivity contribution in [3.05, 3.63) is 39.7 Å². The zero-order chi connectivity index (χ0) is 22.9. The third-order valence-electron chi connectivity index (χ3n) is 7.26. The molecule has 6 N–H and O–H groups in total. The molecule has 0 bridgehead atoms. The van der Waals surface area contributed by atoms with Gasteiger partial charge in [0, 0.05) is 35.7 Å². The van der Waals surface area contributed by atoms with Crippen LogP contribution in [-0.4, -0.2) is 52.0 Å². The van der Waals surface area contributed by atoms with E-state index in [0.29, 0.717) is 17.7 Å². The van der Waals surface area contributed by atoms with Gasteiger partial charge in [0.25, 0.3) is 5.91 Å². The van der Waals surface area contributed by atoms with Crippen molar-refractivity contribution in [3.63, 3.8) is 0 Å². The quantitative estimate of drug-likeness (QED) is 0.427. The number of aliphatic hydroxyl groups excluding tert-OH is 2. The zero-order valence-electron chi connectivity index (χ0n) is 17.5. The molecule has 3 aliphatic carbocycles. The molecular formula is C23H24N2O7. The summed E-state index contributed by atoms with van der Waals surface area (Å²) in [7, 11) is 1.50. The molecule has 0 radical (unpaired) electrons. The van der Waals surface area contributed by atoms with Gasteiger partial charge in [-0.15, -0.1) is 0 Å². The molecule has 1 fully saturated rings. The fraction of sp³-hybridized carbons (Fsp3) is 0.435. The van der Waals surface area contributed by atoms with Gasteiger partial charge in [0.2, 0.25) is 5.78 Å². The van der Waals surface area contributed by atoms with E-state index < -0.39 is 46.2 Å². The number of carbonyl (C=O) groups is 3. The molecule has 1 amide bonds. The summed E-state index contributed by atoms with van der Waals surface area (Å²) < 4.78 is 5.64. The second kappa shape index (κ2) is 6.83. The molecule has 0 spiro atoms. The molecule has 32 heavy (non-hydrogen) atoms. The number of fused-ring (bicyclic) bond motifs is 4. The number of benzene rings is 1. The van der Waals surface area contributed by atoms with Gasteiger partial charge in [0.05, 0.1) is 12.7 Å². The molecule has 0 saturated heterocycles. The van der Waals surface area contributed by atoms with Gasteiger partial charge in [-0.2, -0.15) is 0 Å². The van der Waals surface area contributed by atoms with E-state index in [2.05, 4.69) is 5.32 Å². The number of nitrogens with one attached hydrogen (secondary N) is 1. The summed E-state index contributed by atoms with van der Waals surface area (Å²) >= 11 is 0. The maximum absolute atomic E-state index is 13.5. The maximum atomic E-state index is 13.5. The smallest absolute Gasteiger partial charge is 0.255 e. The van der Waals surface area contributed by atoms with Gasteiger partial charge >= 0.3 is 0 Å². The van der Waals surface area contributed by atoms with Crippen LogP contribution in [0.25, 0.3) is 5.76 Å². The first-order valence-corrected chi connectivity index (χ1v) is 10.6. The SMILES string of the molecule is COc1c2c(cc3c1C(O)=C1C(=O)[C@]4(O)C(O)=C(C(N)=O)C(=O)C[C@@H]4CC1C3)NCCC2. The van der Waals surface area contributed by atoms with Crippen molar-refractivity contribution in [1.82, 2.24) is 0 Å². The van der Waals surface area contributed by atoms with Gasteiger partial charge < -0.3 is 31.1 Å². The Kier molecular flexibility index (Phi) is 4.39.